The molecule has 4 rings (SSSR count). The second-order valence-electron chi connectivity index (χ2n) is 6.76. The highest BCUT2D eigenvalue weighted by Crippen LogP contribution is 2.44. The maximum absolute atomic E-state index is 12.8. The first-order chi connectivity index (χ1) is 13.1. The van der Waals surface area contributed by atoms with Gasteiger partial charge in [0.15, 0.2) is 5.76 Å². The van der Waals surface area contributed by atoms with Crippen molar-refractivity contribution in [3.8, 4) is 0 Å². The number of para-hydroxylation sites is 1. The van der Waals surface area contributed by atoms with Crippen LogP contribution in [-0.2, 0) is 11.2 Å². The van der Waals surface area contributed by atoms with E-state index in [0.29, 0.717) is 22.8 Å². The number of nitrogens with one attached hydrogen (secondary N) is 1. The lowest BCUT2D eigenvalue weighted by Crippen LogP contribution is -2.16. The van der Waals surface area contributed by atoms with Crippen LogP contribution in [0.15, 0.2) is 34.7 Å². The molecule has 0 saturated carbocycles. The number of rotatable bonds is 4. The quantitative estimate of drug-likeness (QED) is 0.616. The smallest absolute Gasteiger partial charge is 0.341 e. The molecular weight excluding hydrogens is 362 g/mol. The van der Waals surface area contributed by atoms with Crippen LogP contribution in [0.25, 0.3) is 11.0 Å². The fourth-order valence-corrected chi connectivity index (χ4v) is 5.01. The van der Waals surface area contributed by atoms with Crippen LogP contribution in [0.5, 0.6) is 0 Å². The van der Waals surface area contributed by atoms with Crippen molar-refractivity contribution in [1.29, 1.82) is 0 Å². The Balaban J connectivity index is 1.70. The Morgan fingerprint density at radius 3 is 2.93 bits per heavy atom. The molecule has 2 aromatic heterocycles. The molecule has 1 amide bonds. The maximum Gasteiger partial charge on any atom is 0.341 e. The van der Waals surface area contributed by atoms with Crippen LogP contribution in [-0.4, -0.2) is 18.5 Å². The lowest BCUT2D eigenvalue weighted by molar-refractivity contribution is 0.0526. The fourth-order valence-electron chi connectivity index (χ4n) is 3.66. The second kappa shape index (κ2) is 7.19. The molecule has 1 N–H and O–H groups in total. The average molecular weight is 383 g/mol. The van der Waals surface area contributed by atoms with Gasteiger partial charge in [-0.25, -0.2) is 4.79 Å². The zero-order valence-electron chi connectivity index (χ0n) is 15.3. The van der Waals surface area contributed by atoms with Crippen LogP contribution in [0.3, 0.4) is 0 Å². The van der Waals surface area contributed by atoms with E-state index in [1.54, 1.807) is 13.0 Å². The number of thiophene rings is 1. The van der Waals surface area contributed by atoms with Crippen molar-refractivity contribution in [2.75, 3.05) is 11.9 Å². The number of hydrogen-bond donors (Lipinski definition) is 1. The molecule has 1 aliphatic rings. The van der Waals surface area contributed by atoms with Crippen molar-refractivity contribution in [3.05, 3.63) is 52.1 Å². The molecule has 0 fully saturated rings. The van der Waals surface area contributed by atoms with Crippen LogP contribution in [0, 0.1) is 0 Å². The number of esters is 1. The molecule has 140 valence electrons. The average Bonchev–Trinajstić information content (AvgIpc) is 3.23. The summed E-state index contributed by atoms with van der Waals surface area (Å²) >= 11 is 1.48. The van der Waals surface area contributed by atoms with Gasteiger partial charge in [0.05, 0.1) is 12.2 Å². The van der Waals surface area contributed by atoms with E-state index in [-0.39, 0.29) is 23.6 Å². The first-order valence-corrected chi connectivity index (χ1v) is 10.0. The molecule has 27 heavy (non-hydrogen) atoms. The zero-order valence-corrected chi connectivity index (χ0v) is 16.2. The van der Waals surface area contributed by atoms with Gasteiger partial charge in [-0.3, -0.25) is 4.79 Å². The summed E-state index contributed by atoms with van der Waals surface area (Å²) in [6, 6.07) is 9.19. The first-order valence-electron chi connectivity index (χ1n) is 9.21. The minimum atomic E-state index is -0.372. The van der Waals surface area contributed by atoms with Crippen molar-refractivity contribution in [2.24, 2.45) is 0 Å². The van der Waals surface area contributed by atoms with Crippen LogP contribution in [0.1, 0.15) is 64.0 Å². The van der Waals surface area contributed by atoms with E-state index in [9.17, 15) is 9.59 Å². The van der Waals surface area contributed by atoms with Crippen LogP contribution in [0.4, 0.5) is 5.00 Å². The number of benzene rings is 1. The van der Waals surface area contributed by atoms with Gasteiger partial charge in [0.2, 0.25) is 0 Å². The standard InChI is InChI=1S/C21H21NO4S/c1-3-25-21(24)18-17-12(2)7-6-10-16(17)27-20(18)22-19(23)15-11-13-8-4-5-9-14(13)26-15/h4-5,8-9,11-12H,3,6-7,10H2,1-2H3,(H,22,23). The predicted molar refractivity (Wildman–Crippen MR) is 106 cm³/mol. The van der Waals surface area contributed by atoms with Gasteiger partial charge in [-0.15, -0.1) is 11.3 Å². The van der Waals surface area contributed by atoms with Crippen molar-refractivity contribution in [3.63, 3.8) is 0 Å². The number of carbonyl (C=O) groups excluding carboxylic acids is 2. The molecule has 3 aromatic rings. The predicted octanol–water partition coefficient (Wildman–Crippen LogP) is 5.36. The third-order valence-electron chi connectivity index (χ3n) is 4.91. The Bertz CT molecular complexity index is 984. The van der Waals surface area contributed by atoms with Gasteiger partial charge < -0.3 is 14.5 Å². The second-order valence-corrected chi connectivity index (χ2v) is 7.86. The molecule has 1 aliphatic carbocycles. The van der Waals surface area contributed by atoms with Gasteiger partial charge >= 0.3 is 5.97 Å². The van der Waals surface area contributed by atoms with E-state index in [0.717, 1.165) is 35.1 Å². The molecule has 0 bridgehead atoms. The van der Waals surface area contributed by atoms with Gasteiger partial charge in [0.1, 0.15) is 10.6 Å². The molecule has 1 unspecified atom stereocenters. The third-order valence-corrected chi connectivity index (χ3v) is 6.09. The number of furan rings is 1. The van der Waals surface area contributed by atoms with Crippen LogP contribution < -0.4 is 5.32 Å². The SMILES string of the molecule is CCOC(=O)c1c(NC(=O)c2cc3ccccc3o2)sc2c1C(C)CCC2. The fraction of sp³-hybridized carbons (Fsp3) is 0.333. The molecule has 0 radical (unpaired) electrons. The molecular formula is C21H21NO4S. The molecule has 1 aromatic carbocycles. The lowest BCUT2D eigenvalue weighted by atomic mass is 9.86. The normalized spacial score (nSPS) is 16.1. The monoisotopic (exact) mass is 383 g/mol. The first kappa shape index (κ1) is 17.8. The minimum absolute atomic E-state index is 0.227. The van der Waals surface area contributed by atoms with E-state index >= 15 is 0 Å². The Morgan fingerprint density at radius 1 is 1.33 bits per heavy atom. The van der Waals surface area contributed by atoms with E-state index in [4.69, 9.17) is 9.15 Å². The Morgan fingerprint density at radius 2 is 2.15 bits per heavy atom. The summed E-state index contributed by atoms with van der Waals surface area (Å²) in [6.07, 6.45) is 3.05. The summed E-state index contributed by atoms with van der Waals surface area (Å²) < 4.78 is 10.9. The number of hydrogen-bond acceptors (Lipinski definition) is 5. The number of carbonyl (C=O) groups is 2. The van der Waals surface area contributed by atoms with Gasteiger partial charge in [-0.05, 0) is 49.8 Å². The van der Waals surface area contributed by atoms with E-state index in [1.165, 1.54) is 11.3 Å². The number of fused-ring (bicyclic) bond motifs is 2. The van der Waals surface area contributed by atoms with E-state index in [2.05, 4.69) is 12.2 Å². The summed E-state index contributed by atoms with van der Waals surface area (Å²) in [5, 5.41) is 4.31. The van der Waals surface area contributed by atoms with Gasteiger partial charge in [0.25, 0.3) is 5.91 Å². The Hall–Kier alpha value is -2.60. The summed E-state index contributed by atoms with van der Waals surface area (Å²) in [7, 11) is 0. The van der Waals surface area contributed by atoms with Crippen molar-refractivity contribution >= 4 is 39.2 Å². The molecule has 6 heteroatoms. The largest absolute Gasteiger partial charge is 0.462 e. The summed E-state index contributed by atoms with van der Waals surface area (Å²) in [5.41, 5.74) is 2.20. The number of aryl methyl sites for hydroxylation is 1. The maximum atomic E-state index is 12.8. The number of ether oxygens (including phenoxy) is 1. The third kappa shape index (κ3) is 3.25. The molecule has 0 spiro atoms. The topological polar surface area (TPSA) is 68.5 Å². The summed E-state index contributed by atoms with van der Waals surface area (Å²) in [4.78, 5) is 26.5. The molecule has 2 heterocycles. The minimum Gasteiger partial charge on any atom is -0.462 e. The van der Waals surface area contributed by atoms with Crippen LogP contribution >= 0.6 is 11.3 Å². The van der Waals surface area contributed by atoms with Crippen molar-refractivity contribution in [1.82, 2.24) is 0 Å². The highest BCUT2D eigenvalue weighted by Gasteiger charge is 2.31. The lowest BCUT2D eigenvalue weighted by Gasteiger charge is -2.19. The van der Waals surface area contributed by atoms with Crippen molar-refractivity contribution in [2.45, 2.75) is 39.0 Å². The molecule has 5 nitrogen and oxygen atoms in total. The Labute approximate surface area is 161 Å². The van der Waals surface area contributed by atoms with Crippen LogP contribution in [0.2, 0.25) is 0 Å². The summed E-state index contributed by atoms with van der Waals surface area (Å²) in [6.45, 7) is 4.21. The molecule has 0 aliphatic heterocycles. The summed E-state index contributed by atoms with van der Waals surface area (Å²) in [5.74, 6) is -0.224. The Kier molecular flexibility index (Phi) is 4.74. The zero-order chi connectivity index (χ0) is 19.0. The molecule has 1 atom stereocenters. The highest BCUT2D eigenvalue weighted by atomic mass is 32.1. The van der Waals surface area contributed by atoms with Crippen molar-refractivity contribution < 1.29 is 18.7 Å². The van der Waals surface area contributed by atoms with E-state index in [1.807, 2.05) is 24.3 Å². The van der Waals surface area contributed by atoms with E-state index < -0.39 is 0 Å². The highest BCUT2D eigenvalue weighted by molar-refractivity contribution is 7.17. The van der Waals surface area contributed by atoms with Gasteiger partial charge in [0, 0.05) is 10.3 Å². The number of amides is 1. The van der Waals surface area contributed by atoms with Gasteiger partial charge in [-0.1, -0.05) is 25.1 Å². The van der Waals surface area contributed by atoms with Gasteiger partial charge in [-0.2, -0.15) is 0 Å². The number of anilines is 1. The molecule has 0 saturated heterocycles.